The van der Waals surface area contributed by atoms with Gasteiger partial charge in [0.05, 0.1) is 10.6 Å². The number of nitrogens with one attached hydrogen (secondary N) is 1. The summed E-state index contributed by atoms with van der Waals surface area (Å²) in [5.74, 6) is -0.158. The zero-order valence-corrected chi connectivity index (χ0v) is 10.9. The Morgan fingerprint density at radius 3 is 2.69 bits per heavy atom. The van der Waals surface area contributed by atoms with Crippen LogP contribution in [0.15, 0.2) is 18.2 Å². The molecule has 0 bridgehead atoms. The third-order valence-electron chi connectivity index (χ3n) is 2.23. The Hall–Kier alpha value is -0.930. The largest absolute Gasteiger partial charge is 0.399 e. The number of anilines is 1. The van der Waals surface area contributed by atoms with Crippen LogP contribution in [0.3, 0.4) is 0 Å². The number of hydrogen-bond donors (Lipinski definition) is 2. The molecule has 5 heteroatoms. The molecule has 1 atom stereocenters. The first-order valence-electron chi connectivity index (χ1n) is 4.90. The van der Waals surface area contributed by atoms with Crippen LogP contribution in [0.4, 0.5) is 5.69 Å². The van der Waals surface area contributed by atoms with Gasteiger partial charge in [0.15, 0.2) is 0 Å². The summed E-state index contributed by atoms with van der Waals surface area (Å²) in [6.07, 6.45) is 0.887. The maximum Gasteiger partial charge on any atom is 0.253 e. The molecule has 3 N–H and O–H groups in total. The molecule has 1 unspecified atom stereocenters. The molecule has 1 aromatic rings. The summed E-state index contributed by atoms with van der Waals surface area (Å²) in [6, 6.07) is 5.02. The van der Waals surface area contributed by atoms with E-state index in [4.69, 9.17) is 17.3 Å². The molecule has 0 fully saturated rings. The second kappa shape index (κ2) is 6.61. The van der Waals surface area contributed by atoms with Crippen LogP contribution in [-0.2, 0) is 0 Å². The first-order valence-corrected chi connectivity index (χ1v) is 5.28. The normalized spacial score (nSPS) is 11.4. The number of carbonyl (C=O) groups excluding carboxylic acids is 1. The van der Waals surface area contributed by atoms with Gasteiger partial charge in [0.2, 0.25) is 0 Å². The molecule has 0 aliphatic carbocycles. The number of amides is 1. The average Bonchev–Trinajstić information content (AvgIpc) is 2.17. The van der Waals surface area contributed by atoms with Crippen molar-refractivity contribution in [3.63, 3.8) is 0 Å². The van der Waals surface area contributed by atoms with Crippen molar-refractivity contribution in [3.8, 4) is 0 Å². The monoisotopic (exact) mass is 262 g/mol. The van der Waals surface area contributed by atoms with Crippen LogP contribution in [0, 0.1) is 0 Å². The summed E-state index contributed by atoms with van der Waals surface area (Å²) in [6.45, 7) is 3.96. The lowest BCUT2D eigenvalue weighted by atomic mass is 10.1. The van der Waals surface area contributed by atoms with Gasteiger partial charge in [-0.3, -0.25) is 4.79 Å². The number of halogens is 2. The van der Waals surface area contributed by atoms with Gasteiger partial charge >= 0.3 is 0 Å². The standard InChI is InChI=1S/C11H15ClN2O.ClH/c1-3-7(2)14-11(15)9-5-4-8(13)6-10(9)12;/h4-7H,3,13H2,1-2H3,(H,14,15);1H. The minimum atomic E-state index is -0.158. The Balaban J connectivity index is 0.00000225. The first-order chi connectivity index (χ1) is 7.04. The van der Waals surface area contributed by atoms with E-state index in [-0.39, 0.29) is 24.4 Å². The minimum absolute atomic E-state index is 0. The van der Waals surface area contributed by atoms with E-state index in [2.05, 4.69) is 5.32 Å². The molecular formula is C11H16Cl2N2O. The summed E-state index contributed by atoms with van der Waals surface area (Å²) in [5.41, 5.74) is 6.56. The lowest BCUT2D eigenvalue weighted by Crippen LogP contribution is -2.32. The van der Waals surface area contributed by atoms with E-state index < -0.39 is 0 Å². The molecule has 1 aromatic carbocycles. The highest BCUT2D eigenvalue weighted by atomic mass is 35.5. The Labute approximate surface area is 107 Å². The Bertz CT molecular complexity index is 369. The molecule has 0 spiro atoms. The van der Waals surface area contributed by atoms with Crippen LogP contribution in [0.1, 0.15) is 30.6 Å². The number of nitrogen functional groups attached to an aromatic ring is 1. The number of carbonyl (C=O) groups is 1. The summed E-state index contributed by atoms with van der Waals surface area (Å²) in [4.78, 5) is 11.7. The zero-order chi connectivity index (χ0) is 11.4. The Kier molecular flexibility index (Phi) is 6.22. The van der Waals surface area contributed by atoms with Crippen molar-refractivity contribution < 1.29 is 4.79 Å². The number of rotatable bonds is 3. The lowest BCUT2D eigenvalue weighted by molar-refractivity contribution is 0.0939. The predicted octanol–water partition coefficient (Wildman–Crippen LogP) is 2.87. The molecule has 16 heavy (non-hydrogen) atoms. The van der Waals surface area contributed by atoms with Crippen molar-refractivity contribution in [2.24, 2.45) is 0 Å². The molecule has 0 saturated heterocycles. The summed E-state index contributed by atoms with van der Waals surface area (Å²) in [5, 5.41) is 3.23. The van der Waals surface area contributed by atoms with Crippen LogP contribution >= 0.6 is 24.0 Å². The van der Waals surface area contributed by atoms with Gasteiger partial charge in [0.25, 0.3) is 5.91 Å². The van der Waals surface area contributed by atoms with Gasteiger partial charge in [-0.1, -0.05) is 18.5 Å². The van der Waals surface area contributed by atoms with Gasteiger partial charge in [-0.15, -0.1) is 12.4 Å². The van der Waals surface area contributed by atoms with Crippen LogP contribution in [0.5, 0.6) is 0 Å². The lowest BCUT2D eigenvalue weighted by Gasteiger charge is -2.12. The van der Waals surface area contributed by atoms with E-state index in [0.29, 0.717) is 16.3 Å². The van der Waals surface area contributed by atoms with Gasteiger partial charge in [-0.25, -0.2) is 0 Å². The fourth-order valence-corrected chi connectivity index (χ4v) is 1.39. The van der Waals surface area contributed by atoms with Crippen molar-refractivity contribution in [2.45, 2.75) is 26.3 Å². The Morgan fingerprint density at radius 1 is 1.56 bits per heavy atom. The van der Waals surface area contributed by atoms with E-state index in [1.54, 1.807) is 18.2 Å². The maximum atomic E-state index is 11.7. The SMILES string of the molecule is CCC(C)NC(=O)c1ccc(N)cc1Cl.Cl. The van der Waals surface area contributed by atoms with Crippen molar-refractivity contribution in [2.75, 3.05) is 5.73 Å². The van der Waals surface area contributed by atoms with Crippen molar-refractivity contribution in [1.29, 1.82) is 0 Å². The van der Waals surface area contributed by atoms with Crippen molar-refractivity contribution in [1.82, 2.24) is 5.32 Å². The summed E-state index contributed by atoms with van der Waals surface area (Å²) < 4.78 is 0. The third-order valence-corrected chi connectivity index (χ3v) is 2.54. The van der Waals surface area contributed by atoms with E-state index in [1.807, 2.05) is 13.8 Å². The second-order valence-electron chi connectivity index (χ2n) is 3.52. The predicted molar refractivity (Wildman–Crippen MR) is 70.3 cm³/mol. The molecule has 0 aliphatic rings. The molecule has 3 nitrogen and oxygen atoms in total. The molecule has 1 amide bonds. The number of benzene rings is 1. The van der Waals surface area contributed by atoms with Crippen molar-refractivity contribution in [3.05, 3.63) is 28.8 Å². The highest BCUT2D eigenvalue weighted by Gasteiger charge is 2.11. The highest BCUT2D eigenvalue weighted by Crippen LogP contribution is 2.19. The fraction of sp³-hybridized carbons (Fsp3) is 0.364. The average molecular weight is 263 g/mol. The van der Waals surface area contributed by atoms with Crippen LogP contribution in [-0.4, -0.2) is 11.9 Å². The van der Waals surface area contributed by atoms with Crippen LogP contribution in [0.2, 0.25) is 5.02 Å². The smallest absolute Gasteiger partial charge is 0.253 e. The number of hydrogen-bond acceptors (Lipinski definition) is 2. The van der Waals surface area contributed by atoms with Gasteiger partial charge in [0.1, 0.15) is 0 Å². The van der Waals surface area contributed by atoms with Crippen LogP contribution in [0.25, 0.3) is 0 Å². The number of nitrogens with two attached hydrogens (primary N) is 1. The Morgan fingerprint density at radius 2 is 2.19 bits per heavy atom. The summed E-state index contributed by atoms with van der Waals surface area (Å²) in [7, 11) is 0. The highest BCUT2D eigenvalue weighted by molar-refractivity contribution is 6.34. The third kappa shape index (κ3) is 3.91. The van der Waals surface area contributed by atoms with Crippen LogP contribution < -0.4 is 11.1 Å². The van der Waals surface area contributed by atoms with Gasteiger partial charge in [-0.2, -0.15) is 0 Å². The topological polar surface area (TPSA) is 55.1 Å². The molecule has 0 saturated carbocycles. The van der Waals surface area contributed by atoms with Gasteiger partial charge < -0.3 is 11.1 Å². The quantitative estimate of drug-likeness (QED) is 0.824. The first kappa shape index (κ1) is 15.1. The van der Waals surface area contributed by atoms with E-state index in [1.165, 1.54) is 0 Å². The van der Waals surface area contributed by atoms with E-state index in [9.17, 15) is 4.79 Å². The van der Waals surface area contributed by atoms with E-state index in [0.717, 1.165) is 6.42 Å². The molecular weight excluding hydrogens is 247 g/mol. The molecule has 0 heterocycles. The van der Waals surface area contributed by atoms with E-state index >= 15 is 0 Å². The molecule has 0 aliphatic heterocycles. The maximum absolute atomic E-state index is 11.7. The molecule has 1 rings (SSSR count). The second-order valence-corrected chi connectivity index (χ2v) is 3.93. The molecule has 0 radical (unpaired) electrons. The van der Waals surface area contributed by atoms with Gasteiger partial charge in [-0.05, 0) is 31.5 Å². The molecule has 0 aromatic heterocycles. The van der Waals surface area contributed by atoms with Crippen molar-refractivity contribution >= 4 is 35.6 Å². The minimum Gasteiger partial charge on any atom is -0.399 e. The summed E-state index contributed by atoms with van der Waals surface area (Å²) >= 11 is 5.91. The molecule has 90 valence electrons. The zero-order valence-electron chi connectivity index (χ0n) is 9.29. The fourth-order valence-electron chi connectivity index (χ4n) is 1.12. The van der Waals surface area contributed by atoms with Gasteiger partial charge in [0, 0.05) is 11.7 Å².